The van der Waals surface area contributed by atoms with Gasteiger partial charge in [-0.2, -0.15) is 0 Å². The molecule has 118 valence electrons. The lowest BCUT2D eigenvalue weighted by atomic mass is 10.2. The first-order chi connectivity index (χ1) is 9.88. The summed E-state index contributed by atoms with van der Waals surface area (Å²) < 4.78 is 39.7. The highest BCUT2D eigenvalue weighted by molar-refractivity contribution is 7.89. The number of nitrogens with zero attached hydrogens (tertiary/aromatic N) is 2. The third-order valence-corrected chi connectivity index (χ3v) is 5.29. The summed E-state index contributed by atoms with van der Waals surface area (Å²) >= 11 is 0. The van der Waals surface area contributed by atoms with Gasteiger partial charge in [0.1, 0.15) is 5.82 Å². The molecule has 7 heteroatoms. The zero-order chi connectivity index (χ0) is 15.5. The average Bonchev–Trinajstić information content (AvgIpc) is 2.46. The van der Waals surface area contributed by atoms with Gasteiger partial charge in [0, 0.05) is 38.8 Å². The highest BCUT2D eigenvalue weighted by Gasteiger charge is 2.21. The van der Waals surface area contributed by atoms with Crippen molar-refractivity contribution >= 4 is 10.0 Å². The molecule has 1 aromatic rings. The third kappa shape index (κ3) is 4.47. The average molecular weight is 315 g/mol. The van der Waals surface area contributed by atoms with Crippen LogP contribution in [0.15, 0.2) is 29.2 Å². The molecule has 0 amide bonds. The molecule has 0 radical (unpaired) electrons. The predicted molar refractivity (Wildman–Crippen MR) is 80.1 cm³/mol. The van der Waals surface area contributed by atoms with Crippen molar-refractivity contribution in [2.45, 2.75) is 17.9 Å². The second kappa shape index (κ2) is 6.83. The lowest BCUT2D eigenvalue weighted by molar-refractivity contribution is 0.120. The number of benzene rings is 1. The Morgan fingerprint density at radius 2 is 1.76 bits per heavy atom. The van der Waals surface area contributed by atoms with E-state index in [1.165, 1.54) is 12.1 Å². The van der Waals surface area contributed by atoms with Crippen molar-refractivity contribution in [3.05, 3.63) is 30.1 Å². The fraction of sp³-hybridized carbons (Fsp3) is 0.571. The first-order valence-electron chi connectivity index (χ1n) is 7.06. The fourth-order valence-corrected chi connectivity index (χ4v) is 3.44. The van der Waals surface area contributed by atoms with E-state index >= 15 is 0 Å². The van der Waals surface area contributed by atoms with Crippen molar-refractivity contribution in [3.63, 3.8) is 0 Å². The van der Waals surface area contributed by atoms with Crippen molar-refractivity contribution in [2.24, 2.45) is 0 Å². The van der Waals surface area contributed by atoms with Crippen LogP contribution in [0.2, 0.25) is 0 Å². The second-order valence-electron chi connectivity index (χ2n) is 5.49. The van der Waals surface area contributed by atoms with Crippen LogP contribution in [0.4, 0.5) is 4.39 Å². The van der Waals surface area contributed by atoms with Crippen LogP contribution in [0.25, 0.3) is 0 Å². The lowest BCUT2D eigenvalue weighted by Crippen LogP contribution is -2.51. The van der Waals surface area contributed by atoms with E-state index in [9.17, 15) is 12.8 Å². The molecule has 1 fully saturated rings. The molecule has 5 nitrogen and oxygen atoms in total. The summed E-state index contributed by atoms with van der Waals surface area (Å²) in [6, 6.07) is 4.99. The smallest absolute Gasteiger partial charge is 0.240 e. The molecule has 1 aromatic carbocycles. The molecular weight excluding hydrogens is 293 g/mol. The minimum Gasteiger partial charge on any atom is -0.304 e. The van der Waals surface area contributed by atoms with Gasteiger partial charge in [-0.05, 0) is 38.2 Å². The maximum Gasteiger partial charge on any atom is 0.240 e. The van der Waals surface area contributed by atoms with E-state index in [0.717, 1.165) is 38.3 Å². The highest BCUT2D eigenvalue weighted by Crippen LogP contribution is 2.10. The number of hydrogen-bond donors (Lipinski definition) is 1. The van der Waals surface area contributed by atoms with Gasteiger partial charge >= 0.3 is 0 Å². The van der Waals surface area contributed by atoms with Gasteiger partial charge in [-0.1, -0.05) is 0 Å². The zero-order valence-electron chi connectivity index (χ0n) is 12.4. The van der Waals surface area contributed by atoms with Gasteiger partial charge in [-0.15, -0.1) is 0 Å². The summed E-state index contributed by atoms with van der Waals surface area (Å²) in [5, 5.41) is 0. The second-order valence-corrected chi connectivity index (χ2v) is 7.26. The van der Waals surface area contributed by atoms with Crippen molar-refractivity contribution in [2.75, 3.05) is 39.8 Å². The molecule has 0 bridgehead atoms. The normalized spacial score (nSPS) is 19.6. The first-order valence-corrected chi connectivity index (χ1v) is 8.54. The van der Waals surface area contributed by atoms with Gasteiger partial charge in [0.15, 0.2) is 0 Å². The van der Waals surface area contributed by atoms with Crippen LogP contribution in [0.1, 0.15) is 6.92 Å². The van der Waals surface area contributed by atoms with Gasteiger partial charge in [0.05, 0.1) is 4.90 Å². The monoisotopic (exact) mass is 315 g/mol. The molecule has 2 rings (SSSR count). The number of hydrogen-bond acceptors (Lipinski definition) is 4. The molecule has 0 aliphatic carbocycles. The zero-order valence-corrected chi connectivity index (χ0v) is 13.2. The van der Waals surface area contributed by atoms with Crippen LogP contribution in [0, 0.1) is 5.82 Å². The Kier molecular flexibility index (Phi) is 5.32. The number of rotatable bonds is 5. The van der Waals surface area contributed by atoms with Crippen LogP contribution < -0.4 is 4.72 Å². The van der Waals surface area contributed by atoms with Crippen molar-refractivity contribution in [1.82, 2.24) is 14.5 Å². The van der Waals surface area contributed by atoms with Crippen molar-refractivity contribution in [1.29, 1.82) is 0 Å². The van der Waals surface area contributed by atoms with E-state index < -0.39 is 15.8 Å². The maximum atomic E-state index is 12.8. The van der Waals surface area contributed by atoms with E-state index in [4.69, 9.17) is 0 Å². The van der Waals surface area contributed by atoms with E-state index in [1.54, 1.807) is 0 Å². The summed E-state index contributed by atoms with van der Waals surface area (Å²) in [7, 11) is -1.49. The van der Waals surface area contributed by atoms with Crippen molar-refractivity contribution < 1.29 is 12.8 Å². The summed E-state index contributed by atoms with van der Waals surface area (Å²) in [4.78, 5) is 4.62. The molecule has 1 N–H and O–H groups in total. The maximum absolute atomic E-state index is 12.8. The predicted octanol–water partition coefficient (Wildman–Crippen LogP) is 0.740. The SMILES string of the molecule is CC(CNS(=O)(=O)c1ccc(F)cc1)N1CCN(C)CC1. The number of nitrogens with one attached hydrogen (secondary N) is 1. The topological polar surface area (TPSA) is 52.7 Å². The van der Waals surface area contributed by atoms with Gasteiger partial charge in [0.25, 0.3) is 0 Å². The quantitative estimate of drug-likeness (QED) is 0.871. The Morgan fingerprint density at radius 1 is 1.19 bits per heavy atom. The first kappa shape index (κ1) is 16.4. The van der Waals surface area contributed by atoms with Crippen LogP contribution in [-0.4, -0.2) is 64.0 Å². The number of sulfonamides is 1. The van der Waals surface area contributed by atoms with Crippen LogP contribution in [0.3, 0.4) is 0 Å². The van der Waals surface area contributed by atoms with E-state index in [1.807, 2.05) is 6.92 Å². The molecule has 1 heterocycles. The summed E-state index contributed by atoms with van der Waals surface area (Å²) in [5.74, 6) is -0.445. The third-order valence-electron chi connectivity index (χ3n) is 3.85. The van der Waals surface area contributed by atoms with Crippen LogP contribution >= 0.6 is 0 Å². The summed E-state index contributed by atoms with van der Waals surface area (Å²) in [5.41, 5.74) is 0. The summed E-state index contributed by atoms with van der Waals surface area (Å²) in [6.45, 7) is 6.23. The minimum absolute atomic E-state index is 0.0921. The van der Waals surface area contributed by atoms with Crippen LogP contribution in [0.5, 0.6) is 0 Å². The van der Waals surface area contributed by atoms with Gasteiger partial charge in [-0.25, -0.2) is 17.5 Å². The molecule has 1 saturated heterocycles. The Labute approximate surface area is 125 Å². The molecule has 1 aliphatic rings. The molecule has 21 heavy (non-hydrogen) atoms. The molecule has 0 spiro atoms. The van der Waals surface area contributed by atoms with Gasteiger partial charge < -0.3 is 4.90 Å². The Morgan fingerprint density at radius 3 is 2.33 bits per heavy atom. The number of piperazine rings is 1. The van der Waals surface area contributed by atoms with E-state index in [0.29, 0.717) is 6.54 Å². The van der Waals surface area contributed by atoms with E-state index in [-0.39, 0.29) is 10.9 Å². The lowest BCUT2D eigenvalue weighted by Gasteiger charge is -2.36. The fourth-order valence-electron chi connectivity index (χ4n) is 2.32. The highest BCUT2D eigenvalue weighted by atomic mass is 32.2. The van der Waals surface area contributed by atoms with E-state index in [2.05, 4.69) is 21.6 Å². The Hall–Kier alpha value is -1.02. The molecule has 1 aliphatic heterocycles. The van der Waals surface area contributed by atoms with Gasteiger partial charge in [0.2, 0.25) is 10.0 Å². The molecule has 1 unspecified atom stereocenters. The summed E-state index contributed by atoms with van der Waals surface area (Å²) in [6.07, 6.45) is 0. The minimum atomic E-state index is -3.58. The standard InChI is InChI=1S/C14H22FN3O2S/c1-12(18-9-7-17(2)8-10-18)11-16-21(19,20)14-5-3-13(15)4-6-14/h3-6,12,16H,7-11H2,1-2H3. The molecular formula is C14H22FN3O2S. The van der Waals surface area contributed by atoms with Gasteiger partial charge in [-0.3, -0.25) is 4.90 Å². The van der Waals surface area contributed by atoms with Crippen molar-refractivity contribution in [3.8, 4) is 0 Å². The molecule has 0 saturated carbocycles. The Bertz CT molecular complexity index is 554. The number of halogens is 1. The Balaban J connectivity index is 1.90. The largest absolute Gasteiger partial charge is 0.304 e. The molecule has 1 atom stereocenters. The number of likely N-dealkylation sites (N-methyl/N-ethyl adjacent to an activating group) is 1. The van der Waals surface area contributed by atoms with Crippen LogP contribution in [-0.2, 0) is 10.0 Å². The molecule has 0 aromatic heterocycles.